The highest BCUT2D eigenvalue weighted by Crippen LogP contribution is 1.86. The van der Waals surface area contributed by atoms with Crippen molar-refractivity contribution < 1.29 is 19.2 Å². The van der Waals surface area contributed by atoms with Crippen LogP contribution < -0.4 is 0 Å². The average molecular weight is 174 g/mol. The van der Waals surface area contributed by atoms with Crippen LogP contribution in [-0.4, -0.2) is 48.2 Å². The van der Waals surface area contributed by atoms with Gasteiger partial charge >= 0.3 is 5.97 Å². The third kappa shape index (κ3) is 4.85. The van der Waals surface area contributed by atoms with Crippen molar-refractivity contribution in [3.63, 3.8) is 0 Å². The lowest BCUT2D eigenvalue weighted by atomic mass is 10.5. The van der Waals surface area contributed by atoms with E-state index in [0.717, 1.165) is 0 Å². The van der Waals surface area contributed by atoms with Gasteiger partial charge in [0.25, 0.3) is 0 Å². The van der Waals surface area contributed by atoms with Gasteiger partial charge in [-0.25, -0.2) is 9.37 Å². The Bertz CT molecular complexity index is 158. The molecule has 1 N–H and O–H groups in total. The summed E-state index contributed by atoms with van der Waals surface area (Å²) in [6.07, 6.45) is 1.20. The van der Waals surface area contributed by atoms with Crippen molar-refractivity contribution in [3.05, 3.63) is 0 Å². The molecular formula is C8H16NO3+. The molecule has 0 aromatic rings. The van der Waals surface area contributed by atoms with Gasteiger partial charge < -0.3 is 9.84 Å². The van der Waals surface area contributed by atoms with Crippen LogP contribution in [0.25, 0.3) is 0 Å². The van der Waals surface area contributed by atoms with Crippen molar-refractivity contribution in [2.45, 2.75) is 13.8 Å². The van der Waals surface area contributed by atoms with E-state index < -0.39 is 5.97 Å². The molecule has 0 aromatic carbocycles. The number of hydrogen-bond acceptors (Lipinski definition) is 2. The van der Waals surface area contributed by atoms with E-state index in [0.29, 0.717) is 26.3 Å². The molecule has 1 rings (SSSR count). The number of morpholine rings is 1. The van der Waals surface area contributed by atoms with Crippen molar-refractivity contribution in [2.75, 3.05) is 26.3 Å². The van der Waals surface area contributed by atoms with Crippen LogP contribution in [0, 0.1) is 0 Å². The van der Waals surface area contributed by atoms with Crippen molar-refractivity contribution >= 4 is 12.2 Å². The van der Waals surface area contributed by atoms with Gasteiger partial charge in [0.2, 0.25) is 6.21 Å². The first-order valence-corrected chi connectivity index (χ1v) is 4.18. The Morgan fingerprint density at radius 3 is 2.33 bits per heavy atom. The summed E-state index contributed by atoms with van der Waals surface area (Å²) in [6, 6.07) is 0. The normalized spacial score (nSPS) is 16.0. The fourth-order valence-corrected chi connectivity index (χ4v) is 0.863. The zero-order valence-electron chi connectivity index (χ0n) is 7.62. The largest absolute Gasteiger partial charge is 0.474 e. The van der Waals surface area contributed by atoms with Crippen molar-refractivity contribution in [1.29, 1.82) is 0 Å². The van der Waals surface area contributed by atoms with Gasteiger partial charge in [-0.05, 0) is 0 Å². The summed E-state index contributed by atoms with van der Waals surface area (Å²) in [4.78, 5) is 10.1. The molecule has 0 unspecified atom stereocenters. The minimum atomic E-state index is -0.887. The zero-order chi connectivity index (χ0) is 9.40. The predicted octanol–water partition coefficient (Wildman–Crippen LogP) is 0.211. The highest BCUT2D eigenvalue weighted by atomic mass is 16.5. The minimum absolute atomic E-state index is 0.629. The number of ether oxygens (including phenoxy) is 1. The summed E-state index contributed by atoms with van der Waals surface area (Å²) in [6.45, 7) is 6.63. The molecular weight excluding hydrogens is 158 g/mol. The fraction of sp³-hybridized carbons (Fsp3) is 0.750. The van der Waals surface area contributed by atoms with E-state index in [9.17, 15) is 4.79 Å². The maximum atomic E-state index is 10.1. The molecule has 1 aliphatic rings. The van der Waals surface area contributed by atoms with Gasteiger partial charge in [0.05, 0.1) is 0 Å². The molecule has 1 heterocycles. The molecule has 0 bridgehead atoms. The highest BCUT2D eigenvalue weighted by molar-refractivity contribution is 6.19. The van der Waals surface area contributed by atoms with Crippen LogP contribution in [0.1, 0.15) is 13.8 Å². The summed E-state index contributed by atoms with van der Waals surface area (Å²) in [5, 5.41) is 8.33. The molecule has 1 saturated heterocycles. The summed E-state index contributed by atoms with van der Waals surface area (Å²) in [5.74, 6) is -0.887. The Morgan fingerprint density at radius 2 is 1.92 bits per heavy atom. The lowest BCUT2D eigenvalue weighted by Crippen LogP contribution is -2.30. The third-order valence-electron chi connectivity index (χ3n) is 1.34. The summed E-state index contributed by atoms with van der Waals surface area (Å²) >= 11 is 0. The zero-order valence-corrected chi connectivity index (χ0v) is 7.62. The molecule has 0 saturated carbocycles. The molecule has 70 valence electrons. The molecule has 0 atom stereocenters. The van der Waals surface area contributed by atoms with Gasteiger partial charge in [-0.3, -0.25) is 0 Å². The number of aliphatic carboxylic acids is 1. The molecule has 4 heteroatoms. The lowest BCUT2D eigenvalue weighted by Gasteiger charge is -2.08. The number of carboxylic acids is 1. The standard InChI is InChI=1S/C6H9NO3.C2H6/c8-6(9)5-7-1-3-10-4-2-7;1-2/h5H,1-4H2;1-2H3/p+1. The van der Waals surface area contributed by atoms with Crippen LogP contribution in [-0.2, 0) is 9.53 Å². The summed E-state index contributed by atoms with van der Waals surface area (Å²) in [7, 11) is 0. The molecule has 0 aliphatic carbocycles. The summed E-state index contributed by atoms with van der Waals surface area (Å²) < 4.78 is 6.77. The first-order valence-electron chi connectivity index (χ1n) is 4.18. The predicted molar refractivity (Wildman–Crippen MR) is 45.9 cm³/mol. The van der Waals surface area contributed by atoms with E-state index in [-0.39, 0.29) is 0 Å². The topological polar surface area (TPSA) is 49.5 Å². The molecule has 0 radical (unpaired) electrons. The van der Waals surface area contributed by atoms with Gasteiger partial charge in [-0.1, -0.05) is 13.8 Å². The number of hydrogen-bond donors (Lipinski definition) is 1. The molecule has 0 spiro atoms. The van der Waals surface area contributed by atoms with E-state index in [1.165, 1.54) is 6.21 Å². The van der Waals surface area contributed by atoms with Crippen LogP contribution in [0.2, 0.25) is 0 Å². The van der Waals surface area contributed by atoms with Crippen LogP contribution in [0.4, 0.5) is 0 Å². The SMILES string of the molecule is CC.O=C(O)C=[N+]1CCOCC1. The average Bonchev–Trinajstić information content (AvgIpc) is 2.08. The monoisotopic (exact) mass is 174 g/mol. The Kier molecular flexibility index (Phi) is 6.28. The Balaban J connectivity index is 0.000000561. The van der Waals surface area contributed by atoms with Crippen molar-refractivity contribution in [2.24, 2.45) is 0 Å². The van der Waals surface area contributed by atoms with Gasteiger partial charge in [-0.15, -0.1) is 0 Å². The van der Waals surface area contributed by atoms with E-state index >= 15 is 0 Å². The molecule has 12 heavy (non-hydrogen) atoms. The Labute approximate surface area is 72.5 Å². The van der Waals surface area contributed by atoms with Crippen LogP contribution >= 0.6 is 0 Å². The second-order valence-corrected chi connectivity index (χ2v) is 2.12. The van der Waals surface area contributed by atoms with Crippen molar-refractivity contribution in [3.8, 4) is 0 Å². The third-order valence-corrected chi connectivity index (χ3v) is 1.34. The fourth-order valence-electron chi connectivity index (χ4n) is 0.863. The van der Waals surface area contributed by atoms with Crippen molar-refractivity contribution in [1.82, 2.24) is 0 Å². The molecule has 1 aliphatic heterocycles. The number of rotatable bonds is 1. The molecule has 4 nitrogen and oxygen atoms in total. The van der Waals surface area contributed by atoms with E-state index in [1.807, 2.05) is 13.8 Å². The van der Waals surface area contributed by atoms with Gasteiger partial charge in [0.15, 0.2) is 13.1 Å². The van der Waals surface area contributed by atoms with Gasteiger partial charge in [0, 0.05) is 0 Å². The molecule has 0 amide bonds. The maximum absolute atomic E-state index is 10.1. The number of carbonyl (C=O) groups is 1. The Morgan fingerprint density at radius 1 is 1.42 bits per heavy atom. The summed E-state index contributed by atoms with van der Waals surface area (Å²) in [5.41, 5.74) is 0. The molecule has 0 aromatic heterocycles. The quantitative estimate of drug-likeness (QED) is 0.578. The number of nitrogens with zero attached hydrogens (tertiary/aromatic N) is 1. The minimum Gasteiger partial charge on any atom is -0.474 e. The van der Waals surface area contributed by atoms with E-state index in [1.54, 1.807) is 4.58 Å². The highest BCUT2D eigenvalue weighted by Gasteiger charge is 2.11. The van der Waals surface area contributed by atoms with E-state index in [4.69, 9.17) is 9.84 Å². The lowest BCUT2D eigenvalue weighted by molar-refractivity contribution is -0.544. The molecule has 1 fully saturated rings. The van der Waals surface area contributed by atoms with Crippen LogP contribution in [0.15, 0.2) is 0 Å². The Hall–Kier alpha value is -0.900. The van der Waals surface area contributed by atoms with Gasteiger partial charge in [0.1, 0.15) is 13.2 Å². The first-order chi connectivity index (χ1) is 5.79. The maximum Gasteiger partial charge on any atom is 0.392 e. The first kappa shape index (κ1) is 11.1. The van der Waals surface area contributed by atoms with Crippen LogP contribution in [0.5, 0.6) is 0 Å². The smallest absolute Gasteiger partial charge is 0.392 e. The van der Waals surface area contributed by atoms with E-state index in [2.05, 4.69) is 0 Å². The second-order valence-electron chi connectivity index (χ2n) is 2.12. The number of carboxylic acid groups (broad SMARTS) is 1. The second kappa shape index (κ2) is 6.79. The van der Waals surface area contributed by atoms with Crippen LogP contribution in [0.3, 0.4) is 0 Å². The van der Waals surface area contributed by atoms with Gasteiger partial charge in [-0.2, -0.15) is 0 Å².